The van der Waals surface area contributed by atoms with Crippen molar-refractivity contribution in [3.8, 4) is 0 Å². The van der Waals surface area contributed by atoms with Gasteiger partial charge in [-0.05, 0) is 24.3 Å². The number of hydrogen-bond acceptors (Lipinski definition) is 3. The molecule has 1 fully saturated rings. The van der Waals surface area contributed by atoms with Crippen molar-refractivity contribution < 1.29 is 18.3 Å². The molecule has 6 heteroatoms. The molecule has 2 N–H and O–H groups in total. The SMILES string of the molecule is O=C(O)[C@H](NS(=O)(=O)CC1CCCC1)c1ccccc1. The number of nitrogens with one attached hydrogen (secondary N) is 1. The average molecular weight is 297 g/mol. The Morgan fingerprint density at radius 2 is 1.85 bits per heavy atom. The maximum absolute atomic E-state index is 12.1. The second-order valence-corrected chi connectivity index (χ2v) is 7.03. The van der Waals surface area contributed by atoms with Gasteiger partial charge in [-0.2, -0.15) is 4.72 Å². The van der Waals surface area contributed by atoms with Gasteiger partial charge in [-0.15, -0.1) is 0 Å². The molecule has 1 atom stereocenters. The Kier molecular flexibility index (Phi) is 4.77. The van der Waals surface area contributed by atoms with Crippen molar-refractivity contribution >= 4 is 16.0 Å². The van der Waals surface area contributed by atoms with E-state index in [2.05, 4.69) is 4.72 Å². The quantitative estimate of drug-likeness (QED) is 0.840. The van der Waals surface area contributed by atoms with Crippen LogP contribution in [0.25, 0.3) is 0 Å². The summed E-state index contributed by atoms with van der Waals surface area (Å²) >= 11 is 0. The molecule has 0 spiro atoms. The maximum Gasteiger partial charge on any atom is 0.326 e. The van der Waals surface area contributed by atoms with E-state index in [9.17, 15) is 18.3 Å². The van der Waals surface area contributed by atoms with Crippen LogP contribution in [0.15, 0.2) is 30.3 Å². The molecule has 1 saturated carbocycles. The van der Waals surface area contributed by atoms with Gasteiger partial charge >= 0.3 is 5.97 Å². The van der Waals surface area contributed by atoms with Crippen LogP contribution >= 0.6 is 0 Å². The molecule has 1 aromatic carbocycles. The molecule has 2 rings (SSSR count). The van der Waals surface area contributed by atoms with Crippen LogP contribution in [0.4, 0.5) is 0 Å². The lowest BCUT2D eigenvalue weighted by Gasteiger charge is -2.17. The summed E-state index contributed by atoms with van der Waals surface area (Å²) in [5.41, 5.74) is 0.440. The van der Waals surface area contributed by atoms with E-state index < -0.39 is 22.0 Å². The Morgan fingerprint density at radius 3 is 2.40 bits per heavy atom. The van der Waals surface area contributed by atoms with Crippen LogP contribution < -0.4 is 4.72 Å². The third-order valence-electron chi connectivity index (χ3n) is 3.61. The zero-order chi connectivity index (χ0) is 14.6. The lowest BCUT2D eigenvalue weighted by molar-refractivity contribution is -0.139. The second kappa shape index (κ2) is 6.37. The van der Waals surface area contributed by atoms with Gasteiger partial charge < -0.3 is 5.11 Å². The third-order valence-corrected chi connectivity index (χ3v) is 5.11. The highest BCUT2D eigenvalue weighted by molar-refractivity contribution is 7.89. The lowest BCUT2D eigenvalue weighted by atomic mass is 10.1. The van der Waals surface area contributed by atoms with Crippen LogP contribution in [-0.2, 0) is 14.8 Å². The molecule has 0 amide bonds. The highest BCUT2D eigenvalue weighted by Gasteiger charge is 2.28. The fourth-order valence-electron chi connectivity index (χ4n) is 2.62. The van der Waals surface area contributed by atoms with Crippen LogP contribution in [0, 0.1) is 5.92 Å². The van der Waals surface area contributed by atoms with E-state index in [0.29, 0.717) is 5.56 Å². The van der Waals surface area contributed by atoms with Gasteiger partial charge in [0, 0.05) is 0 Å². The molecule has 0 heterocycles. The van der Waals surface area contributed by atoms with E-state index in [4.69, 9.17) is 0 Å². The van der Waals surface area contributed by atoms with Crippen molar-refractivity contribution in [3.63, 3.8) is 0 Å². The van der Waals surface area contributed by atoms with Crippen molar-refractivity contribution in [1.29, 1.82) is 0 Å². The number of hydrogen-bond donors (Lipinski definition) is 2. The van der Waals surface area contributed by atoms with Gasteiger partial charge in [-0.1, -0.05) is 43.2 Å². The molecule has 0 saturated heterocycles. The van der Waals surface area contributed by atoms with Crippen molar-refractivity contribution in [2.24, 2.45) is 5.92 Å². The molecule has 0 unspecified atom stereocenters. The first-order valence-corrected chi connectivity index (χ1v) is 8.41. The van der Waals surface area contributed by atoms with Gasteiger partial charge in [0.05, 0.1) is 5.75 Å². The van der Waals surface area contributed by atoms with Gasteiger partial charge in [0.25, 0.3) is 0 Å². The number of aliphatic carboxylic acids is 1. The summed E-state index contributed by atoms with van der Waals surface area (Å²) < 4.78 is 26.5. The van der Waals surface area contributed by atoms with E-state index >= 15 is 0 Å². The van der Waals surface area contributed by atoms with Crippen LogP contribution in [0.5, 0.6) is 0 Å². The first-order chi connectivity index (χ1) is 9.48. The predicted octanol–water partition coefficient (Wildman–Crippen LogP) is 1.92. The van der Waals surface area contributed by atoms with Crippen LogP contribution in [0.1, 0.15) is 37.3 Å². The van der Waals surface area contributed by atoms with Crippen molar-refractivity contribution in [2.45, 2.75) is 31.7 Å². The Bertz CT molecular complexity index is 550. The van der Waals surface area contributed by atoms with E-state index in [1.807, 2.05) is 0 Å². The zero-order valence-corrected chi connectivity index (χ0v) is 12.0. The summed E-state index contributed by atoms with van der Waals surface area (Å²) in [5.74, 6) is -1.02. The average Bonchev–Trinajstić information content (AvgIpc) is 2.89. The molecular weight excluding hydrogens is 278 g/mol. The largest absolute Gasteiger partial charge is 0.480 e. The van der Waals surface area contributed by atoms with E-state index in [-0.39, 0.29) is 11.7 Å². The summed E-state index contributed by atoms with van der Waals surface area (Å²) in [5, 5.41) is 9.22. The van der Waals surface area contributed by atoms with Crippen LogP contribution in [0.3, 0.4) is 0 Å². The van der Waals surface area contributed by atoms with Gasteiger partial charge in [0.15, 0.2) is 0 Å². The number of benzene rings is 1. The summed E-state index contributed by atoms with van der Waals surface area (Å²) in [4.78, 5) is 11.3. The summed E-state index contributed by atoms with van der Waals surface area (Å²) in [6.07, 6.45) is 3.93. The Hall–Kier alpha value is -1.40. The molecule has 0 aliphatic heterocycles. The second-order valence-electron chi connectivity index (χ2n) is 5.23. The molecule has 110 valence electrons. The third kappa shape index (κ3) is 4.05. The fraction of sp³-hybridized carbons (Fsp3) is 0.500. The fourth-order valence-corrected chi connectivity index (χ4v) is 4.27. The molecule has 0 radical (unpaired) electrons. The van der Waals surface area contributed by atoms with Crippen LogP contribution in [0.2, 0.25) is 0 Å². The summed E-state index contributed by atoms with van der Waals surface area (Å²) in [7, 11) is -3.59. The molecule has 5 nitrogen and oxygen atoms in total. The molecule has 1 aliphatic rings. The highest BCUT2D eigenvalue weighted by Crippen LogP contribution is 2.26. The molecular formula is C14H19NO4S. The first kappa shape index (κ1) is 15.0. The molecule has 0 bridgehead atoms. The van der Waals surface area contributed by atoms with Crippen molar-refractivity contribution in [3.05, 3.63) is 35.9 Å². The van der Waals surface area contributed by atoms with Gasteiger partial charge in [-0.3, -0.25) is 4.79 Å². The van der Waals surface area contributed by atoms with Crippen molar-refractivity contribution in [1.82, 2.24) is 4.72 Å². The van der Waals surface area contributed by atoms with Crippen LogP contribution in [-0.4, -0.2) is 25.2 Å². The van der Waals surface area contributed by atoms with Gasteiger partial charge in [0.2, 0.25) is 10.0 Å². The van der Waals surface area contributed by atoms with Gasteiger partial charge in [0.1, 0.15) is 6.04 Å². The smallest absolute Gasteiger partial charge is 0.326 e. The predicted molar refractivity (Wildman–Crippen MR) is 75.7 cm³/mol. The monoisotopic (exact) mass is 297 g/mol. The Labute approximate surface area is 119 Å². The van der Waals surface area contributed by atoms with E-state index in [0.717, 1.165) is 25.7 Å². The Morgan fingerprint density at radius 1 is 1.25 bits per heavy atom. The number of carbonyl (C=O) groups is 1. The molecule has 1 aromatic rings. The highest BCUT2D eigenvalue weighted by atomic mass is 32.2. The standard InChI is InChI=1S/C14H19NO4S/c16-14(17)13(12-8-2-1-3-9-12)15-20(18,19)10-11-6-4-5-7-11/h1-3,8-9,11,13,15H,4-7,10H2,(H,16,17)/t13-/m1/s1. The number of carboxylic acid groups (broad SMARTS) is 1. The summed E-state index contributed by atoms with van der Waals surface area (Å²) in [6, 6.07) is 7.14. The number of rotatable bonds is 6. The first-order valence-electron chi connectivity index (χ1n) is 6.76. The molecule has 1 aliphatic carbocycles. The minimum absolute atomic E-state index is 0.0175. The van der Waals surface area contributed by atoms with E-state index in [1.54, 1.807) is 30.3 Å². The number of sulfonamides is 1. The van der Waals surface area contributed by atoms with Crippen molar-refractivity contribution in [2.75, 3.05) is 5.75 Å². The van der Waals surface area contributed by atoms with Gasteiger partial charge in [-0.25, -0.2) is 8.42 Å². The zero-order valence-electron chi connectivity index (χ0n) is 11.2. The molecule has 0 aromatic heterocycles. The maximum atomic E-state index is 12.1. The topological polar surface area (TPSA) is 83.5 Å². The Balaban J connectivity index is 2.09. The molecule has 20 heavy (non-hydrogen) atoms. The normalized spacial score (nSPS) is 18.0. The lowest BCUT2D eigenvalue weighted by Crippen LogP contribution is -2.36. The minimum atomic E-state index is -3.59. The minimum Gasteiger partial charge on any atom is -0.480 e. The number of carboxylic acids is 1. The summed E-state index contributed by atoms with van der Waals surface area (Å²) in [6.45, 7) is 0. The van der Waals surface area contributed by atoms with E-state index in [1.165, 1.54) is 0 Å².